The molecule has 0 fully saturated rings. The van der Waals surface area contributed by atoms with Gasteiger partial charge in [0.2, 0.25) is 15.9 Å². The Morgan fingerprint density at radius 1 is 1.25 bits per heavy atom. The first kappa shape index (κ1) is 16.1. The fourth-order valence-corrected chi connectivity index (χ4v) is 2.39. The largest absolute Gasteiger partial charge is 0.481 e. The molecule has 0 aliphatic carbocycles. The number of benzene rings is 1. The van der Waals surface area contributed by atoms with E-state index < -0.39 is 27.8 Å². The molecule has 0 heterocycles. The summed E-state index contributed by atoms with van der Waals surface area (Å²) in [6.07, 6.45) is 0. The van der Waals surface area contributed by atoms with E-state index in [-0.39, 0.29) is 11.4 Å². The summed E-state index contributed by atoms with van der Waals surface area (Å²) in [4.78, 5) is 22.2. The van der Waals surface area contributed by atoms with Gasteiger partial charge in [0, 0.05) is 12.2 Å². The first-order valence-electron chi connectivity index (χ1n) is 5.91. The lowest BCUT2D eigenvalue weighted by Crippen LogP contribution is -2.27. The Labute approximate surface area is 117 Å². The second-order valence-corrected chi connectivity index (χ2v) is 5.84. The van der Waals surface area contributed by atoms with Crippen LogP contribution >= 0.6 is 0 Å². The van der Waals surface area contributed by atoms with Crippen molar-refractivity contribution >= 4 is 27.6 Å². The number of anilines is 1. The van der Waals surface area contributed by atoms with Crippen molar-refractivity contribution in [3.8, 4) is 0 Å². The molecular formula is C12H16N2O5S. The van der Waals surface area contributed by atoms with Crippen LogP contribution in [0.15, 0.2) is 29.2 Å². The van der Waals surface area contributed by atoms with Crippen LogP contribution in [-0.2, 0) is 19.6 Å². The van der Waals surface area contributed by atoms with Crippen LogP contribution < -0.4 is 10.0 Å². The molecule has 3 N–H and O–H groups in total. The molecule has 0 aliphatic heterocycles. The third kappa shape index (κ3) is 4.04. The van der Waals surface area contributed by atoms with Gasteiger partial charge in [-0.1, -0.05) is 6.92 Å². The van der Waals surface area contributed by atoms with E-state index in [1.807, 2.05) is 0 Å². The number of rotatable bonds is 6. The van der Waals surface area contributed by atoms with Crippen molar-refractivity contribution in [1.82, 2.24) is 4.72 Å². The minimum Gasteiger partial charge on any atom is -0.481 e. The van der Waals surface area contributed by atoms with Gasteiger partial charge >= 0.3 is 5.97 Å². The number of hydrogen-bond acceptors (Lipinski definition) is 4. The van der Waals surface area contributed by atoms with Gasteiger partial charge in [0.25, 0.3) is 0 Å². The van der Waals surface area contributed by atoms with Gasteiger partial charge in [0.1, 0.15) is 5.92 Å². The Balaban J connectivity index is 2.83. The van der Waals surface area contributed by atoms with Crippen molar-refractivity contribution < 1.29 is 23.1 Å². The highest BCUT2D eigenvalue weighted by atomic mass is 32.2. The van der Waals surface area contributed by atoms with Gasteiger partial charge < -0.3 is 10.4 Å². The van der Waals surface area contributed by atoms with Crippen molar-refractivity contribution in [2.24, 2.45) is 5.92 Å². The zero-order chi connectivity index (χ0) is 15.3. The Hall–Kier alpha value is -1.93. The zero-order valence-corrected chi connectivity index (χ0v) is 11.9. The topological polar surface area (TPSA) is 113 Å². The smallest absolute Gasteiger partial charge is 0.315 e. The predicted molar refractivity (Wildman–Crippen MR) is 72.7 cm³/mol. The third-order valence-corrected chi connectivity index (χ3v) is 4.09. The number of carboxylic acid groups (broad SMARTS) is 1. The molecule has 1 unspecified atom stereocenters. The molecule has 0 radical (unpaired) electrons. The van der Waals surface area contributed by atoms with Crippen molar-refractivity contribution in [2.45, 2.75) is 18.7 Å². The van der Waals surface area contributed by atoms with E-state index in [9.17, 15) is 18.0 Å². The fourth-order valence-electron chi connectivity index (χ4n) is 1.35. The lowest BCUT2D eigenvalue weighted by Gasteiger charge is -2.09. The van der Waals surface area contributed by atoms with E-state index in [1.54, 1.807) is 6.92 Å². The Bertz CT molecular complexity index is 595. The first-order chi connectivity index (χ1) is 9.27. The quantitative estimate of drug-likeness (QED) is 0.667. The Kier molecular flexibility index (Phi) is 5.23. The average molecular weight is 300 g/mol. The SMILES string of the molecule is CCNS(=O)(=O)c1ccc(NC(=O)C(C)C(=O)O)cc1. The summed E-state index contributed by atoms with van der Waals surface area (Å²) in [5, 5.41) is 11.1. The van der Waals surface area contributed by atoms with E-state index in [2.05, 4.69) is 10.0 Å². The van der Waals surface area contributed by atoms with Crippen molar-refractivity contribution in [3.63, 3.8) is 0 Å². The van der Waals surface area contributed by atoms with Crippen LogP contribution in [0.2, 0.25) is 0 Å². The Morgan fingerprint density at radius 2 is 1.80 bits per heavy atom. The highest BCUT2D eigenvalue weighted by Gasteiger charge is 2.20. The molecule has 0 aliphatic rings. The van der Waals surface area contributed by atoms with Crippen molar-refractivity contribution in [3.05, 3.63) is 24.3 Å². The average Bonchev–Trinajstić information content (AvgIpc) is 2.38. The molecule has 7 nitrogen and oxygen atoms in total. The van der Waals surface area contributed by atoms with Crippen molar-refractivity contribution in [2.75, 3.05) is 11.9 Å². The lowest BCUT2D eigenvalue weighted by molar-refractivity contribution is -0.144. The summed E-state index contributed by atoms with van der Waals surface area (Å²) in [5.74, 6) is -3.08. The number of hydrogen-bond donors (Lipinski definition) is 3. The van der Waals surface area contributed by atoms with E-state index in [0.717, 1.165) is 0 Å². The van der Waals surface area contributed by atoms with E-state index >= 15 is 0 Å². The normalized spacial score (nSPS) is 12.7. The summed E-state index contributed by atoms with van der Waals surface area (Å²) in [6, 6.07) is 5.46. The van der Waals surface area contributed by atoms with Gasteiger partial charge in [0.05, 0.1) is 4.90 Å². The molecular weight excluding hydrogens is 284 g/mol. The molecule has 20 heavy (non-hydrogen) atoms. The van der Waals surface area contributed by atoms with E-state index in [0.29, 0.717) is 5.69 Å². The number of carboxylic acids is 1. The van der Waals surface area contributed by atoms with Crippen LogP contribution in [0.1, 0.15) is 13.8 Å². The van der Waals surface area contributed by atoms with Gasteiger partial charge in [-0.05, 0) is 31.2 Å². The summed E-state index contributed by atoms with van der Waals surface area (Å²) < 4.78 is 25.7. The molecule has 8 heteroatoms. The number of nitrogens with one attached hydrogen (secondary N) is 2. The van der Waals surface area contributed by atoms with Gasteiger partial charge in [-0.15, -0.1) is 0 Å². The molecule has 0 aromatic heterocycles. The van der Waals surface area contributed by atoms with Crippen LogP contribution in [-0.4, -0.2) is 31.9 Å². The molecule has 0 saturated heterocycles. The molecule has 1 atom stereocenters. The first-order valence-corrected chi connectivity index (χ1v) is 7.39. The zero-order valence-electron chi connectivity index (χ0n) is 11.1. The molecule has 1 aromatic rings. The monoisotopic (exact) mass is 300 g/mol. The second-order valence-electron chi connectivity index (χ2n) is 4.07. The summed E-state index contributed by atoms with van der Waals surface area (Å²) >= 11 is 0. The molecule has 0 spiro atoms. The molecule has 110 valence electrons. The van der Waals surface area contributed by atoms with Gasteiger partial charge in [-0.3, -0.25) is 9.59 Å². The van der Waals surface area contributed by atoms with E-state index in [1.165, 1.54) is 31.2 Å². The van der Waals surface area contributed by atoms with Crippen LogP contribution in [0, 0.1) is 5.92 Å². The summed E-state index contributed by atoms with van der Waals surface area (Å²) in [6.45, 7) is 3.21. The number of carbonyl (C=O) groups is 2. The minimum absolute atomic E-state index is 0.0728. The maximum atomic E-state index is 11.7. The van der Waals surface area contributed by atoms with Gasteiger partial charge in [-0.2, -0.15) is 0 Å². The summed E-state index contributed by atoms with van der Waals surface area (Å²) in [5.41, 5.74) is 0.332. The van der Waals surface area contributed by atoms with Crippen LogP contribution in [0.5, 0.6) is 0 Å². The second kappa shape index (κ2) is 6.49. The van der Waals surface area contributed by atoms with Crippen LogP contribution in [0.4, 0.5) is 5.69 Å². The van der Waals surface area contributed by atoms with Gasteiger partial charge in [-0.25, -0.2) is 13.1 Å². The predicted octanol–water partition coefficient (Wildman–Crippen LogP) is 0.644. The lowest BCUT2D eigenvalue weighted by atomic mass is 10.1. The highest BCUT2D eigenvalue weighted by Crippen LogP contribution is 2.14. The maximum absolute atomic E-state index is 11.7. The number of aliphatic carboxylic acids is 1. The number of sulfonamides is 1. The molecule has 0 saturated carbocycles. The van der Waals surface area contributed by atoms with E-state index in [4.69, 9.17) is 5.11 Å². The maximum Gasteiger partial charge on any atom is 0.315 e. The molecule has 1 amide bonds. The fraction of sp³-hybridized carbons (Fsp3) is 0.333. The van der Waals surface area contributed by atoms with Crippen LogP contribution in [0.25, 0.3) is 0 Å². The number of carbonyl (C=O) groups excluding carboxylic acids is 1. The highest BCUT2D eigenvalue weighted by molar-refractivity contribution is 7.89. The molecule has 1 rings (SSSR count). The third-order valence-electron chi connectivity index (χ3n) is 2.53. The van der Waals surface area contributed by atoms with Crippen LogP contribution in [0.3, 0.4) is 0 Å². The molecule has 0 bridgehead atoms. The van der Waals surface area contributed by atoms with Gasteiger partial charge in [0.15, 0.2) is 0 Å². The minimum atomic E-state index is -3.54. The summed E-state index contributed by atoms with van der Waals surface area (Å²) in [7, 11) is -3.54. The molecule has 1 aromatic carbocycles. The standard InChI is InChI=1S/C12H16N2O5S/c1-3-13-20(18,19)10-6-4-9(5-7-10)14-11(15)8(2)12(16)17/h4-8,13H,3H2,1-2H3,(H,14,15)(H,16,17). The van der Waals surface area contributed by atoms with Crippen molar-refractivity contribution in [1.29, 1.82) is 0 Å². The Morgan fingerprint density at radius 3 is 2.25 bits per heavy atom. The number of amides is 1.